The van der Waals surface area contributed by atoms with Crippen molar-refractivity contribution in [1.29, 1.82) is 0 Å². The molecule has 1 aliphatic rings. The third kappa shape index (κ3) is 7.23. The van der Waals surface area contributed by atoms with Gasteiger partial charge in [-0.2, -0.15) is 0 Å². The van der Waals surface area contributed by atoms with Gasteiger partial charge in [-0.15, -0.1) is 0 Å². The predicted molar refractivity (Wildman–Crippen MR) is 119 cm³/mol. The fraction of sp³-hybridized carbons (Fsp3) is 0.458. The highest BCUT2D eigenvalue weighted by molar-refractivity contribution is 5.77. The second kappa shape index (κ2) is 10.5. The van der Waals surface area contributed by atoms with Crippen LogP contribution in [0.25, 0.3) is 0 Å². The zero-order chi connectivity index (χ0) is 23.1. The summed E-state index contributed by atoms with van der Waals surface area (Å²) in [5, 5.41) is 2.93. The van der Waals surface area contributed by atoms with Crippen LogP contribution in [0.2, 0.25) is 0 Å². The molecule has 8 heteroatoms. The maximum Gasteiger partial charge on any atom is 0.410 e. The molecule has 172 valence electrons. The Morgan fingerprint density at radius 1 is 1.19 bits per heavy atom. The first-order valence-electron chi connectivity index (χ1n) is 10.7. The Balaban J connectivity index is 1.39. The van der Waals surface area contributed by atoms with Crippen molar-refractivity contribution in [3.8, 4) is 5.75 Å². The standard InChI is InChI=1S/C24H31N3O5/c1-17(18-8-7-10-20(12-18)30-15-19-9-5-6-11-25-19)26-22(28)16-31-21-13-27(14-21)23(29)32-24(2,3)4/h5-12,17,21H,13-16H2,1-4H3,(H,26,28). The Hall–Kier alpha value is -3.13. The normalized spacial score (nSPS) is 14.9. The van der Waals surface area contributed by atoms with E-state index in [1.54, 1.807) is 11.1 Å². The average Bonchev–Trinajstić information content (AvgIpc) is 2.70. The van der Waals surface area contributed by atoms with Crippen molar-refractivity contribution in [2.75, 3.05) is 19.7 Å². The van der Waals surface area contributed by atoms with Crippen molar-refractivity contribution in [3.05, 3.63) is 59.9 Å². The van der Waals surface area contributed by atoms with Crippen LogP contribution >= 0.6 is 0 Å². The first-order chi connectivity index (χ1) is 15.2. The number of rotatable bonds is 8. The maximum atomic E-state index is 12.3. The van der Waals surface area contributed by atoms with Gasteiger partial charge in [0.2, 0.25) is 5.91 Å². The van der Waals surface area contributed by atoms with Crippen LogP contribution in [-0.4, -0.2) is 53.3 Å². The van der Waals surface area contributed by atoms with E-state index in [-0.39, 0.29) is 30.8 Å². The van der Waals surface area contributed by atoms with E-state index >= 15 is 0 Å². The van der Waals surface area contributed by atoms with Gasteiger partial charge in [0, 0.05) is 6.20 Å². The lowest BCUT2D eigenvalue weighted by Gasteiger charge is -2.39. The number of carbonyl (C=O) groups is 2. The van der Waals surface area contributed by atoms with E-state index in [1.807, 2.05) is 70.2 Å². The summed E-state index contributed by atoms with van der Waals surface area (Å²) in [5.74, 6) is 0.496. The van der Waals surface area contributed by atoms with E-state index in [1.165, 1.54) is 0 Å². The van der Waals surface area contributed by atoms with Crippen LogP contribution in [0.4, 0.5) is 4.79 Å². The van der Waals surface area contributed by atoms with Crippen LogP contribution < -0.4 is 10.1 Å². The summed E-state index contributed by atoms with van der Waals surface area (Å²) in [6.45, 7) is 8.54. The first-order valence-corrected chi connectivity index (χ1v) is 10.7. The highest BCUT2D eigenvalue weighted by Crippen LogP contribution is 2.20. The van der Waals surface area contributed by atoms with E-state index in [4.69, 9.17) is 14.2 Å². The van der Waals surface area contributed by atoms with Crippen LogP contribution in [-0.2, 0) is 20.9 Å². The lowest BCUT2D eigenvalue weighted by Crippen LogP contribution is -2.56. The molecule has 0 bridgehead atoms. The zero-order valence-corrected chi connectivity index (χ0v) is 19.0. The summed E-state index contributed by atoms with van der Waals surface area (Å²) < 4.78 is 16.7. The zero-order valence-electron chi connectivity index (χ0n) is 19.0. The molecule has 1 fully saturated rings. The Kier molecular flexibility index (Phi) is 7.69. The number of aromatic nitrogens is 1. The molecule has 1 atom stereocenters. The van der Waals surface area contributed by atoms with Crippen LogP contribution in [0.1, 0.15) is 45.0 Å². The number of likely N-dealkylation sites (tertiary alicyclic amines) is 1. The van der Waals surface area contributed by atoms with Crippen molar-refractivity contribution in [1.82, 2.24) is 15.2 Å². The highest BCUT2D eigenvalue weighted by Gasteiger charge is 2.34. The molecule has 1 aromatic carbocycles. The number of hydrogen-bond acceptors (Lipinski definition) is 6. The number of nitrogens with zero attached hydrogens (tertiary/aromatic N) is 2. The number of amides is 2. The van der Waals surface area contributed by atoms with Gasteiger partial charge < -0.3 is 24.4 Å². The first kappa shape index (κ1) is 23.5. The molecule has 32 heavy (non-hydrogen) atoms. The molecule has 1 aromatic heterocycles. The highest BCUT2D eigenvalue weighted by atomic mass is 16.6. The molecule has 2 heterocycles. The molecular weight excluding hydrogens is 410 g/mol. The van der Waals surface area contributed by atoms with Gasteiger partial charge in [-0.25, -0.2) is 4.79 Å². The van der Waals surface area contributed by atoms with E-state index in [0.717, 1.165) is 11.3 Å². The molecule has 0 aliphatic carbocycles. The minimum atomic E-state index is -0.528. The summed E-state index contributed by atoms with van der Waals surface area (Å²) in [6, 6.07) is 13.1. The Labute approximate surface area is 188 Å². The number of pyridine rings is 1. The third-order valence-electron chi connectivity index (χ3n) is 4.80. The summed E-state index contributed by atoms with van der Waals surface area (Å²) in [6.07, 6.45) is 1.21. The molecule has 1 saturated heterocycles. The summed E-state index contributed by atoms with van der Waals surface area (Å²) >= 11 is 0. The van der Waals surface area contributed by atoms with Gasteiger partial charge in [0.25, 0.3) is 0 Å². The number of carbonyl (C=O) groups excluding carboxylic acids is 2. The molecular formula is C24H31N3O5. The van der Waals surface area contributed by atoms with E-state index in [0.29, 0.717) is 25.4 Å². The molecule has 1 aliphatic heterocycles. The molecule has 2 amide bonds. The van der Waals surface area contributed by atoms with Gasteiger partial charge >= 0.3 is 6.09 Å². The van der Waals surface area contributed by atoms with Gasteiger partial charge in [0.15, 0.2) is 0 Å². The molecule has 1 N–H and O–H groups in total. The van der Waals surface area contributed by atoms with Crippen LogP contribution in [0.5, 0.6) is 5.75 Å². The predicted octanol–water partition coefficient (Wildman–Crippen LogP) is 3.47. The molecule has 8 nitrogen and oxygen atoms in total. The van der Waals surface area contributed by atoms with Gasteiger partial charge in [0.05, 0.1) is 30.9 Å². The van der Waals surface area contributed by atoms with Crippen LogP contribution in [0, 0.1) is 0 Å². The maximum absolute atomic E-state index is 12.3. The molecule has 2 aromatic rings. The van der Waals surface area contributed by atoms with Crippen molar-refractivity contribution >= 4 is 12.0 Å². The van der Waals surface area contributed by atoms with Crippen molar-refractivity contribution in [2.24, 2.45) is 0 Å². The van der Waals surface area contributed by atoms with Gasteiger partial charge in [0.1, 0.15) is 24.6 Å². The molecule has 0 spiro atoms. The second-order valence-corrected chi connectivity index (χ2v) is 8.79. The lowest BCUT2D eigenvalue weighted by molar-refractivity contribution is -0.132. The van der Waals surface area contributed by atoms with Crippen LogP contribution in [0.15, 0.2) is 48.7 Å². The third-order valence-corrected chi connectivity index (χ3v) is 4.80. The fourth-order valence-electron chi connectivity index (χ4n) is 3.09. The Morgan fingerprint density at radius 2 is 1.97 bits per heavy atom. The smallest absolute Gasteiger partial charge is 0.410 e. The second-order valence-electron chi connectivity index (χ2n) is 8.79. The van der Waals surface area contributed by atoms with Crippen molar-refractivity contribution in [3.63, 3.8) is 0 Å². The van der Waals surface area contributed by atoms with Gasteiger partial charge in [-0.3, -0.25) is 9.78 Å². The topological polar surface area (TPSA) is 90.0 Å². The molecule has 3 rings (SSSR count). The van der Waals surface area contributed by atoms with E-state index in [2.05, 4.69) is 10.3 Å². The van der Waals surface area contributed by atoms with Crippen LogP contribution in [0.3, 0.4) is 0 Å². The number of nitrogens with one attached hydrogen (secondary N) is 1. The average molecular weight is 442 g/mol. The molecule has 0 radical (unpaired) electrons. The summed E-state index contributed by atoms with van der Waals surface area (Å²) in [7, 11) is 0. The Bertz CT molecular complexity index is 907. The summed E-state index contributed by atoms with van der Waals surface area (Å²) in [5.41, 5.74) is 1.24. The SMILES string of the molecule is CC(NC(=O)COC1CN(C(=O)OC(C)(C)C)C1)c1cccc(OCc2ccccn2)c1. The minimum Gasteiger partial charge on any atom is -0.487 e. The van der Waals surface area contributed by atoms with Crippen molar-refractivity contribution in [2.45, 2.75) is 52.0 Å². The number of ether oxygens (including phenoxy) is 3. The largest absolute Gasteiger partial charge is 0.487 e. The van der Waals surface area contributed by atoms with E-state index < -0.39 is 5.60 Å². The number of benzene rings is 1. The molecule has 0 saturated carbocycles. The van der Waals surface area contributed by atoms with Gasteiger partial charge in [-0.05, 0) is 57.5 Å². The minimum absolute atomic E-state index is 0.0625. The quantitative estimate of drug-likeness (QED) is 0.675. The lowest BCUT2D eigenvalue weighted by atomic mass is 10.1. The number of hydrogen-bond donors (Lipinski definition) is 1. The monoisotopic (exact) mass is 441 g/mol. The molecule has 1 unspecified atom stereocenters. The Morgan fingerprint density at radius 3 is 2.66 bits per heavy atom. The van der Waals surface area contributed by atoms with Crippen molar-refractivity contribution < 1.29 is 23.8 Å². The fourth-order valence-corrected chi connectivity index (χ4v) is 3.09. The van der Waals surface area contributed by atoms with E-state index in [9.17, 15) is 9.59 Å². The summed E-state index contributed by atoms with van der Waals surface area (Å²) in [4.78, 5) is 30.0. The van der Waals surface area contributed by atoms with Gasteiger partial charge in [-0.1, -0.05) is 18.2 Å².